The molecule has 2 unspecified atom stereocenters. The van der Waals surface area contributed by atoms with E-state index in [4.69, 9.17) is 0 Å². The largest absolute Gasteiger partial charge is 0.460 e. The molecule has 0 aliphatic carbocycles. The van der Waals surface area contributed by atoms with Gasteiger partial charge < -0.3 is 9.47 Å². The van der Waals surface area contributed by atoms with Crippen LogP contribution in [0.2, 0.25) is 0 Å². The minimum atomic E-state index is -5.64. The molecule has 0 saturated carbocycles. The maximum atomic E-state index is 12.6. The number of rotatable bonds is 4. The first kappa shape index (κ1) is 13.9. The summed E-state index contributed by atoms with van der Waals surface area (Å²) in [6.07, 6.45) is -8.45. The molecule has 0 aromatic carbocycles. The van der Waals surface area contributed by atoms with Gasteiger partial charge in [-0.05, 0) is 0 Å². The van der Waals surface area contributed by atoms with E-state index in [1.807, 2.05) is 0 Å². The molecule has 1 rings (SSSR count). The molecular formula is C9H9F5O3. The van der Waals surface area contributed by atoms with E-state index in [2.05, 4.69) is 16.1 Å². The molecule has 0 aromatic heterocycles. The van der Waals surface area contributed by atoms with E-state index in [1.165, 1.54) is 0 Å². The average Bonchev–Trinajstić information content (AvgIpc) is 2.12. The summed E-state index contributed by atoms with van der Waals surface area (Å²) in [5.41, 5.74) is 0. The Morgan fingerprint density at radius 2 is 1.94 bits per heavy atom. The molecule has 98 valence electrons. The molecule has 17 heavy (non-hydrogen) atoms. The van der Waals surface area contributed by atoms with Crippen LogP contribution in [0.3, 0.4) is 0 Å². The summed E-state index contributed by atoms with van der Waals surface area (Å²) in [5, 5.41) is 0. The second-order valence-electron chi connectivity index (χ2n) is 3.44. The zero-order chi connectivity index (χ0) is 13.3. The predicted octanol–water partition coefficient (Wildman–Crippen LogP) is 2.07. The Labute approximate surface area is 93.2 Å². The maximum Gasteiger partial charge on any atom is 0.456 e. The summed E-state index contributed by atoms with van der Waals surface area (Å²) in [4.78, 5) is 10.6. The lowest BCUT2D eigenvalue weighted by Crippen LogP contribution is -2.57. The Morgan fingerprint density at radius 1 is 1.41 bits per heavy atom. The normalized spacial score (nSPS) is 25.0. The average molecular weight is 260 g/mol. The molecule has 1 aliphatic heterocycles. The molecule has 0 radical (unpaired) electrons. The summed E-state index contributed by atoms with van der Waals surface area (Å²) in [7, 11) is 0. The van der Waals surface area contributed by atoms with E-state index in [0.29, 0.717) is 0 Å². The Kier molecular flexibility index (Phi) is 3.75. The molecule has 0 amide bonds. The van der Waals surface area contributed by atoms with Crippen molar-refractivity contribution in [3.05, 3.63) is 12.7 Å². The summed E-state index contributed by atoms with van der Waals surface area (Å²) in [6.45, 7) is 2.72. The smallest absolute Gasteiger partial charge is 0.456 e. The van der Waals surface area contributed by atoms with Gasteiger partial charge in [0.2, 0.25) is 0 Å². The minimum absolute atomic E-state index is 0.366. The van der Waals surface area contributed by atoms with E-state index >= 15 is 0 Å². The Hall–Kier alpha value is -1.18. The summed E-state index contributed by atoms with van der Waals surface area (Å²) in [6, 6.07) is 0. The van der Waals surface area contributed by atoms with Crippen LogP contribution in [0.15, 0.2) is 12.7 Å². The van der Waals surface area contributed by atoms with Crippen molar-refractivity contribution in [3.63, 3.8) is 0 Å². The van der Waals surface area contributed by atoms with E-state index in [9.17, 15) is 26.7 Å². The fourth-order valence-electron chi connectivity index (χ4n) is 1.22. The Bertz CT molecular complexity index is 306. The van der Waals surface area contributed by atoms with Crippen molar-refractivity contribution < 1.29 is 36.2 Å². The number of halogens is 5. The first-order chi connectivity index (χ1) is 7.68. The van der Waals surface area contributed by atoms with Gasteiger partial charge in [-0.15, -0.1) is 0 Å². The number of hydrogen-bond donors (Lipinski definition) is 0. The zero-order valence-corrected chi connectivity index (χ0v) is 8.47. The van der Waals surface area contributed by atoms with Gasteiger partial charge in [-0.1, -0.05) is 6.58 Å². The van der Waals surface area contributed by atoms with Crippen LogP contribution in [-0.4, -0.2) is 36.9 Å². The van der Waals surface area contributed by atoms with Crippen LogP contribution in [0.5, 0.6) is 0 Å². The highest BCUT2D eigenvalue weighted by Gasteiger charge is 2.66. The first-order valence-corrected chi connectivity index (χ1v) is 4.57. The first-order valence-electron chi connectivity index (χ1n) is 4.57. The second-order valence-corrected chi connectivity index (χ2v) is 3.44. The van der Waals surface area contributed by atoms with E-state index in [1.54, 1.807) is 0 Å². The van der Waals surface area contributed by atoms with Crippen LogP contribution in [0.4, 0.5) is 22.0 Å². The minimum Gasteiger partial charge on any atom is -0.460 e. The lowest BCUT2D eigenvalue weighted by atomic mass is 9.99. The molecule has 1 heterocycles. The van der Waals surface area contributed by atoms with E-state index < -0.39 is 36.7 Å². The maximum absolute atomic E-state index is 12.6. The summed E-state index contributed by atoms with van der Waals surface area (Å²) in [5.74, 6) is -5.67. The van der Waals surface area contributed by atoms with Crippen molar-refractivity contribution in [2.75, 3.05) is 6.61 Å². The van der Waals surface area contributed by atoms with Crippen molar-refractivity contribution in [1.29, 1.82) is 0 Å². The van der Waals surface area contributed by atoms with Gasteiger partial charge in [0.15, 0.2) is 0 Å². The van der Waals surface area contributed by atoms with Crippen LogP contribution in [0.1, 0.15) is 6.42 Å². The van der Waals surface area contributed by atoms with Crippen molar-refractivity contribution in [2.45, 2.75) is 30.7 Å². The number of esters is 1. The van der Waals surface area contributed by atoms with E-state index in [0.717, 1.165) is 6.08 Å². The van der Waals surface area contributed by atoms with Gasteiger partial charge in [0, 0.05) is 12.5 Å². The molecule has 1 saturated heterocycles. The molecule has 8 heteroatoms. The van der Waals surface area contributed by atoms with Gasteiger partial charge >= 0.3 is 18.1 Å². The van der Waals surface area contributed by atoms with Crippen molar-refractivity contribution in [3.8, 4) is 0 Å². The Balaban J connectivity index is 2.37. The number of ether oxygens (including phenoxy) is 2. The second kappa shape index (κ2) is 4.59. The highest BCUT2D eigenvalue weighted by atomic mass is 19.4. The summed E-state index contributed by atoms with van der Waals surface area (Å²) < 4.78 is 69.7. The molecule has 1 aliphatic rings. The highest BCUT2D eigenvalue weighted by molar-refractivity contribution is 5.81. The lowest BCUT2D eigenvalue weighted by molar-refractivity contribution is -0.351. The number of carbonyl (C=O) groups is 1. The van der Waals surface area contributed by atoms with Crippen LogP contribution >= 0.6 is 0 Å². The molecule has 3 nitrogen and oxygen atoms in total. The number of carbonyl (C=O) groups excluding carboxylic acids is 1. The van der Waals surface area contributed by atoms with Crippen molar-refractivity contribution >= 4 is 5.97 Å². The third-order valence-electron chi connectivity index (χ3n) is 2.19. The highest BCUT2D eigenvalue weighted by Crippen LogP contribution is 2.44. The third-order valence-corrected chi connectivity index (χ3v) is 2.19. The SMILES string of the molecule is C=CC(=O)OCC1CC(C(F)(F)C(F)(F)F)O1. The van der Waals surface area contributed by atoms with Gasteiger partial charge in [0.25, 0.3) is 0 Å². The van der Waals surface area contributed by atoms with Gasteiger partial charge in [-0.25, -0.2) is 4.79 Å². The quantitative estimate of drug-likeness (QED) is 0.441. The molecule has 1 fully saturated rings. The topological polar surface area (TPSA) is 35.5 Å². The molecule has 0 N–H and O–H groups in total. The molecule has 0 bridgehead atoms. The lowest BCUT2D eigenvalue weighted by Gasteiger charge is -2.40. The molecule has 2 atom stereocenters. The van der Waals surface area contributed by atoms with Gasteiger partial charge in [0.05, 0.1) is 6.10 Å². The predicted molar refractivity (Wildman–Crippen MR) is 45.4 cm³/mol. The molecular weight excluding hydrogens is 251 g/mol. The molecule has 0 spiro atoms. The van der Waals surface area contributed by atoms with Crippen LogP contribution in [0, 0.1) is 0 Å². The van der Waals surface area contributed by atoms with Crippen LogP contribution < -0.4 is 0 Å². The fraction of sp³-hybridized carbons (Fsp3) is 0.667. The number of hydrogen-bond acceptors (Lipinski definition) is 3. The van der Waals surface area contributed by atoms with Crippen LogP contribution in [-0.2, 0) is 14.3 Å². The monoisotopic (exact) mass is 260 g/mol. The van der Waals surface area contributed by atoms with Crippen molar-refractivity contribution in [2.24, 2.45) is 0 Å². The van der Waals surface area contributed by atoms with Gasteiger partial charge in [0.1, 0.15) is 12.7 Å². The van der Waals surface area contributed by atoms with Crippen molar-refractivity contribution in [1.82, 2.24) is 0 Å². The van der Waals surface area contributed by atoms with Gasteiger partial charge in [-0.2, -0.15) is 22.0 Å². The Morgan fingerprint density at radius 3 is 2.35 bits per heavy atom. The summed E-state index contributed by atoms with van der Waals surface area (Å²) >= 11 is 0. The molecule has 0 aromatic rings. The third kappa shape index (κ3) is 2.93. The van der Waals surface area contributed by atoms with E-state index in [-0.39, 0.29) is 6.61 Å². The van der Waals surface area contributed by atoms with Gasteiger partial charge in [-0.3, -0.25) is 0 Å². The fourth-order valence-corrected chi connectivity index (χ4v) is 1.22. The number of alkyl halides is 5. The van der Waals surface area contributed by atoms with Crippen LogP contribution in [0.25, 0.3) is 0 Å². The standard InChI is InChI=1S/C9H9F5O3/c1-2-7(15)16-4-5-3-6(17-5)8(10,11)9(12,13)14/h2,5-6H,1,3-4H2. The zero-order valence-electron chi connectivity index (χ0n) is 8.47.